The summed E-state index contributed by atoms with van der Waals surface area (Å²) in [5.74, 6) is -2.85. The molecule has 11 atom stereocenters. The quantitative estimate of drug-likeness (QED) is 0.475. The molecule has 5 rings (SSSR count). The molecule has 1 amide bonds. The first-order valence-corrected chi connectivity index (χ1v) is 13.6. The summed E-state index contributed by atoms with van der Waals surface area (Å²) in [6.45, 7) is 6.44. The van der Waals surface area contributed by atoms with Crippen LogP contribution in [-0.4, -0.2) is 71.1 Å². The number of nitrogens with two attached hydrogens (primary N) is 1. The van der Waals surface area contributed by atoms with Crippen molar-refractivity contribution in [3.8, 4) is 0 Å². The number of ketones is 2. The molecule has 3 saturated carbocycles. The molecule has 0 aromatic heterocycles. The molecule has 1 aliphatic heterocycles. The maximum absolute atomic E-state index is 17.4. The number of amides is 1. The zero-order valence-electron chi connectivity index (χ0n) is 22.3. The Morgan fingerprint density at radius 3 is 2.66 bits per heavy atom. The largest absolute Gasteiger partial charge is 0.390 e. The van der Waals surface area contributed by atoms with Gasteiger partial charge in [-0.1, -0.05) is 26.3 Å². The topological polar surface area (TPSA) is 128 Å². The van der Waals surface area contributed by atoms with E-state index in [1.54, 1.807) is 6.92 Å². The Hall–Kier alpha value is -2.01. The second-order valence-electron chi connectivity index (χ2n) is 12.2. The predicted molar refractivity (Wildman–Crippen MR) is 133 cm³/mol. The van der Waals surface area contributed by atoms with Gasteiger partial charge in [-0.3, -0.25) is 14.4 Å². The van der Waals surface area contributed by atoms with Gasteiger partial charge in [0.25, 0.3) is 0 Å². The van der Waals surface area contributed by atoms with Gasteiger partial charge in [-0.2, -0.15) is 0 Å². The number of hydrogen-bond acceptors (Lipinski definition) is 7. The van der Waals surface area contributed by atoms with E-state index in [0.717, 1.165) is 12.5 Å². The molecular formula is C28H38F2N2O6. The lowest BCUT2D eigenvalue weighted by molar-refractivity contribution is -0.234. The molecule has 38 heavy (non-hydrogen) atoms. The van der Waals surface area contributed by atoms with Gasteiger partial charge < -0.3 is 25.6 Å². The average molecular weight is 537 g/mol. The second-order valence-corrected chi connectivity index (χ2v) is 12.2. The first-order valence-electron chi connectivity index (χ1n) is 13.6. The van der Waals surface area contributed by atoms with Crippen LogP contribution in [0, 0.1) is 22.7 Å². The third kappa shape index (κ3) is 3.42. The van der Waals surface area contributed by atoms with Crippen molar-refractivity contribution in [2.75, 3.05) is 6.54 Å². The van der Waals surface area contributed by atoms with Crippen LogP contribution in [0.1, 0.15) is 59.8 Å². The van der Waals surface area contributed by atoms with E-state index in [9.17, 15) is 19.5 Å². The molecule has 5 aliphatic rings. The molecule has 1 unspecified atom stereocenters. The minimum Gasteiger partial charge on any atom is -0.390 e. The summed E-state index contributed by atoms with van der Waals surface area (Å²) in [5, 5.41) is 14.1. The van der Waals surface area contributed by atoms with E-state index in [1.807, 2.05) is 6.92 Å². The van der Waals surface area contributed by atoms with E-state index in [0.29, 0.717) is 6.42 Å². The fourth-order valence-corrected chi connectivity index (χ4v) is 8.35. The van der Waals surface area contributed by atoms with Crippen molar-refractivity contribution in [2.24, 2.45) is 28.4 Å². The summed E-state index contributed by atoms with van der Waals surface area (Å²) in [4.78, 5) is 38.2. The van der Waals surface area contributed by atoms with Crippen LogP contribution in [0.4, 0.5) is 8.78 Å². The first kappa shape index (κ1) is 27.6. The molecule has 0 spiro atoms. The number of halogens is 2. The maximum atomic E-state index is 17.4. The first-order chi connectivity index (χ1) is 17.8. The highest BCUT2D eigenvalue weighted by molar-refractivity contribution is 6.01. The third-order valence-electron chi connectivity index (χ3n) is 10.2. The third-order valence-corrected chi connectivity index (χ3v) is 10.2. The molecule has 4 fully saturated rings. The number of rotatable bonds is 6. The molecule has 0 bridgehead atoms. The van der Waals surface area contributed by atoms with E-state index in [1.165, 1.54) is 26.0 Å². The fourth-order valence-electron chi connectivity index (χ4n) is 8.35. The van der Waals surface area contributed by atoms with Gasteiger partial charge in [-0.15, -0.1) is 0 Å². The van der Waals surface area contributed by atoms with Crippen molar-refractivity contribution in [1.82, 2.24) is 5.32 Å². The Morgan fingerprint density at radius 2 is 2.00 bits per heavy atom. The maximum Gasteiger partial charge on any atom is 0.236 e. The SMILES string of the molecule is CCCC1O[C@@H]2C[C@H]3[C@@H]4C[C@H](F)C5=CC(=O)C=C[C@]5(C)[C@@]4(F)[C@@H](O)C[C@]3(C)[C@]2(C(=O)CNC(=O)[C@H](C)N)O1. The number of nitrogens with one attached hydrogen (secondary N) is 1. The lowest BCUT2D eigenvalue weighted by Crippen LogP contribution is -2.71. The molecule has 0 aromatic carbocycles. The highest BCUT2D eigenvalue weighted by atomic mass is 19.1. The molecular weight excluding hydrogens is 498 g/mol. The number of carbonyl (C=O) groups excluding carboxylic acids is 3. The van der Waals surface area contributed by atoms with Gasteiger partial charge in [0, 0.05) is 16.7 Å². The summed E-state index contributed by atoms with van der Waals surface area (Å²) >= 11 is 0. The molecule has 0 radical (unpaired) electrons. The number of carbonyl (C=O) groups is 3. The smallest absolute Gasteiger partial charge is 0.236 e. The minimum atomic E-state index is -2.27. The van der Waals surface area contributed by atoms with E-state index in [-0.39, 0.29) is 31.4 Å². The van der Waals surface area contributed by atoms with E-state index in [2.05, 4.69) is 5.32 Å². The van der Waals surface area contributed by atoms with Crippen molar-refractivity contribution in [3.63, 3.8) is 0 Å². The van der Waals surface area contributed by atoms with Crippen LogP contribution >= 0.6 is 0 Å². The van der Waals surface area contributed by atoms with Crippen molar-refractivity contribution in [1.29, 1.82) is 0 Å². The summed E-state index contributed by atoms with van der Waals surface area (Å²) in [6.07, 6.45) is 0.394. The van der Waals surface area contributed by atoms with Crippen LogP contribution in [0.5, 0.6) is 0 Å². The molecule has 4 aliphatic carbocycles. The Morgan fingerprint density at radius 1 is 1.29 bits per heavy atom. The molecule has 8 nitrogen and oxygen atoms in total. The molecule has 0 aromatic rings. The number of Topliss-reactive ketones (excluding diaryl/α,β-unsaturated/α-hetero) is 1. The zero-order valence-corrected chi connectivity index (χ0v) is 22.3. The number of fused-ring (bicyclic) bond motifs is 7. The Labute approximate surface area is 221 Å². The molecule has 4 N–H and O–H groups in total. The van der Waals surface area contributed by atoms with Gasteiger partial charge >= 0.3 is 0 Å². The van der Waals surface area contributed by atoms with Crippen LogP contribution in [0.25, 0.3) is 0 Å². The van der Waals surface area contributed by atoms with Gasteiger partial charge in [0.05, 0.1) is 24.8 Å². The summed E-state index contributed by atoms with van der Waals surface area (Å²) in [5.41, 5.74) is -0.735. The fraction of sp³-hybridized carbons (Fsp3) is 0.750. The lowest BCUT2D eigenvalue weighted by Gasteiger charge is -2.63. The van der Waals surface area contributed by atoms with Crippen LogP contribution in [0.15, 0.2) is 23.8 Å². The average Bonchev–Trinajstić information content (AvgIpc) is 3.33. The van der Waals surface area contributed by atoms with Crippen LogP contribution < -0.4 is 11.1 Å². The number of hydrogen-bond donors (Lipinski definition) is 3. The number of ether oxygens (including phenoxy) is 2. The van der Waals surface area contributed by atoms with Crippen LogP contribution in [-0.2, 0) is 23.9 Å². The van der Waals surface area contributed by atoms with Gasteiger partial charge in [-0.05, 0) is 63.2 Å². The van der Waals surface area contributed by atoms with E-state index in [4.69, 9.17) is 15.2 Å². The number of aliphatic hydroxyl groups excluding tert-OH is 1. The van der Waals surface area contributed by atoms with Crippen molar-refractivity contribution in [2.45, 2.75) is 102 Å². The molecule has 210 valence electrons. The Bertz CT molecular complexity index is 1110. The van der Waals surface area contributed by atoms with Gasteiger partial charge in [-0.25, -0.2) is 8.78 Å². The monoisotopic (exact) mass is 536 g/mol. The van der Waals surface area contributed by atoms with Gasteiger partial charge in [0.2, 0.25) is 5.91 Å². The standard InChI is InChI=1S/C28H38F2N2O6/c1-5-6-23-37-22-11-16-17-10-19(29)18-9-15(33)7-8-25(18,3)27(17,30)20(34)12-26(16,4)28(22,38-23)21(35)13-32-24(36)14(2)31/h7-9,14,16-17,19-20,22-23,34H,5-6,10-13,31H2,1-4H3,(H,32,36)/t14-,16-,17-,19-,20-,22+,23?,25-,26-,27-,28+/m0/s1. The minimum absolute atomic E-state index is 0.0458. The zero-order chi connectivity index (χ0) is 27.8. The van der Waals surface area contributed by atoms with Gasteiger partial charge in [0.1, 0.15) is 6.17 Å². The number of allylic oxidation sites excluding steroid dienone is 4. The summed E-state index contributed by atoms with van der Waals surface area (Å²) < 4.78 is 45.8. The van der Waals surface area contributed by atoms with E-state index < -0.39 is 82.1 Å². The highest BCUT2D eigenvalue weighted by Crippen LogP contribution is 2.72. The second kappa shape index (κ2) is 9.01. The highest BCUT2D eigenvalue weighted by Gasteiger charge is 2.79. The Balaban J connectivity index is 1.56. The molecule has 1 saturated heterocycles. The number of alkyl halides is 2. The number of aliphatic hydroxyl groups is 1. The van der Waals surface area contributed by atoms with Crippen LogP contribution in [0.3, 0.4) is 0 Å². The van der Waals surface area contributed by atoms with Gasteiger partial charge in [0.15, 0.2) is 29.1 Å². The summed E-state index contributed by atoms with van der Waals surface area (Å²) in [7, 11) is 0. The molecule has 1 heterocycles. The molecule has 10 heteroatoms. The lowest BCUT2D eigenvalue weighted by atomic mass is 9.44. The van der Waals surface area contributed by atoms with Crippen molar-refractivity contribution in [3.05, 3.63) is 23.8 Å². The Kier molecular flexibility index (Phi) is 6.53. The summed E-state index contributed by atoms with van der Waals surface area (Å²) in [6, 6.07) is -0.817. The normalized spacial score (nSPS) is 47.9. The van der Waals surface area contributed by atoms with Crippen molar-refractivity contribution >= 4 is 17.5 Å². The predicted octanol–water partition coefficient (Wildman–Crippen LogP) is 2.23. The van der Waals surface area contributed by atoms with Crippen molar-refractivity contribution < 1.29 is 37.7 Å². The van der Waals surface area contributed by atoms with Crippen LogP contribution in [0.2, 0.25) is 0 Å². The van der Waals surface area contributed by atoms with E-state index >= 15 is 8.78 Å².